The van der Waals surface area contributed by atoms with Gasteiger partial charge in [-0.25, -0.2) is 4.79 Å². The lowest BCUT2D eigenvalue weighted by atomic mass is 10.1. The normalized spacial score (nSPS) is 14.1. The van der Waals surface area contributed by atoms with Crippen LogP contribution in [0, 0.1) is 5.92 Å². The third-order valence-corrected chi connectivity index (χ3v) is 1.89. The van der Waals surface area contributed by atoms with E-state index in [9.17, 15) is 9.90 Å². The van der Waals surface area contributed by atoms with Gasteiger partial charge in [0.1, 0.15) is 11.8 Å². The Morgan fingerprint density at radius 1 is 1.41 bits per heavy atom. The van der Waals surface area contributed by atoms with Crippen molar-refractivity contribution in [2.45, 2.75) is 59.3 Å². The molecule has 0 radical (unpaired) electrons. The quantitative estimate of drug-likeness (QED) is 0.576. The van der Waals surface area contributed by atoms with E-state index in [1.807, 2.05) is 6.08 Å². The lowest BCUT2D eigenvalue weighted by Crippen LogP contribution is -2.38. The van der Waals surface area contributed by atoms with Crippen LogP contribution in [0.4, 0.5) is 4.79 Å². The van der Waals surface area contributed by atoms with E-state index in [1.54, 1.807) is 26.8 Å². The number of hydrogen-bond acceptors (Lipinski definition) is 3. The Labute approximate surface area is 104 Å². The average Bonchev–Trinajstić information content (AvgIpc) is 2.08. The fraction of sp³-hybridized carbons (Fsp3) is 0.769. The summed E-state index contributed by atoms with van der Waals surface area (Å²) in [5, 5.41) is 11.8. The average molecular weight is 243 g/mol. The minimum absolute atomic E-state index is 0.550. The fourth-order valence-corrected chi connectivity index (χ4v) is 1.13. The molecule has 0 saturated heterocycles. The molecule has 2 N–H and O–H groups in total. The van der Waals surface area contributed by atoms with Gasteiger partial charge < -0.3 is 9.84 Å². The Kier molecular flexibility index (Phi) is 6.88. The molecule has 0 bridgehead atoms. The summed E-state index contributed by atoms with van der Waals surface area (Å²) in [6.45, 7) is 9.61. The van der Waals surface area contributed by atoms with E-state index in [-0.39, 0.29) is 0 Å². The van der Waals surface area contributed by atoms with Crippen LogP contribution in [0.3, 0.4) is 0 Å². The van der Waals surface area contributed by atoms with Gasteiger partial charge in [0, 0.05) is 0 Å². The van der Waals surface area contributed by atoms with Gasteiger partial charge in [-0.2, -0.15) is 0 Å². The molecule has 4 heteroatoms. The molecule has 0 heterocycles. The first-order valence-corrected chi connectivity index (χ1v) is 6.05. The Morgan fingerprint density at radius 2 is 2.00 bits per heavy atom. The number of aliphatic hydroxyl groups is 1. The number of carbonyl (C=O) groups is 1. The van der Waals surface area contributed by atoms with Gasteiger partial charge in [0.2, 0.25) is 0 Å². The number of carbonyl (C=O) groups excluding carboxylic acids is 1. The number of nitrogens with one attached hydrogen (secondary N) is 1. The molecule has 0 rings (SSSR count). The van der Waals surface area contributed by atoms with E-state index in [0.717, 1.165) is 12.8 Å². The second kappa shape index (κ2) is 7.33. The van der Waals surface area contributed by atoms with Gasteiger partial charge in [-0.3, -0.25) is 5.32 Å². The molecule has 0 aliphatic heterocycles. The first kappa shape index (κ1) is 16.0. The second-order valence-corrected chi connectivity index (χ2v) is 5.49. The molecule has 0 spiro atoms. The molecule has 0 saturated carbocycles. The van der Waals surface area contributed by atoms with Crippen molar-refractivity contribution in [2.75, 3.05) is 0 Å². The zero-order valence-electron chi connectivity index (χ0n) is 11.5. The van der Waals surface area contributed by atoms with Crippen LogP contribution in [-0.2, 0) is 4.74 Å². The largest absolute Gasteiger partial charge is 0.444 e. The number of alkyl carbamates (subject to hydrolysis) is 1. The highest BCUT2D eigenvalue weighted by atomic mass is 16.6. The van der Waals surface area contributed by atoms with Crippen LogP contribution in [-0.4, -0.2) is 23.0 Å². The lowest BCUT2D eigenvalue weighted by molar-refractivity contribution is 0.0417. The second-order valence-electron chi connectivity index (χ2n) is 5.49. The summed E-state index contributed by atoms with van der Waals surface area (Å²) in [6, 6.07) is 0. The number of aliphatic hydroxyl groups excluding tert-OH is 1. The maximum Gasteiger partial charge on any atom is 0.409 e. The van der Waals surface area contributed by atoms with Crippen molar-refractivity contribution >= 4 is 6.09 Å². The van der Waals surface area contributed by atoms with Gasteiger partial charge in [-0.15, -0.1) is 0 Å². The molecule has 1 unspecified atom stereocenters. The molecule has 1 atom stereocenters. The number of rotatable bonds is 5. The number of amides is 1. The Bertz CT molecular complexity index is 254. The van der Waals surface area contributed by atoms with E-state index in [0.29, 0.717) is 5.92 Å². The Balaban J connectivity index is 3.85. The van der Waals surface area contributed by atoms with Crippen LogP contribution in [0.2, 0.25) is 0 Å². The zero-order chi connectivity index (χ0) is 13.5. The SMILES string of the molecule is CC(C)CC/C=C/C(O)NC(=O)OC(C)(C)C. The van der Waals surface area contributed by atoms with Crippen LogP contribution in [0.15, 0.2) is 12.2 Å². The topological polar surface area (TPSA) is 58.6 Å². The molecule has 0 aliphatic rings. The van der Waals surface area contributed by atoms with Gasteiger partial charge in [-0.05, 0) is 45.6 Å². The van der Waals surface area contributed by atoms with E-state index < -0.39 is 17.9 Å². The predicted molar refractivity (Wildman–Crippen MR) is 68.6 cm³/mol. The fourth-order valence-electron chi connectivity index (χ4n) is 1.13. The summed E-state index contributed by atoms with van der Waals surface area (Å²) < 4.78 is 5.01. The maximum absolute atomic E-state index is 11.3. The van der Waals surface area contributed by atoms with Gasteiger partial charge in [0.05, 0.1) is 0 Å². The van der Waals surface area contributed by atoms with Gasteiger partial charge in [0.25, 0.3) is 0 Å². The highest BCUT2D eigenvalue weighted by Crippen LogP contribution is 2.07. The first-order valence-electron chi connectivity index (χ1n) is 6.05. The number of hydrogen-bond donors (Lipinski definition) is 2. The highest BCUT2D eigenvalue weighted by molar-refractivity contribution is 5.68. The molecule has 17 heavy (non-hydrogen) atoms. The first-order chi connectivity index (χ1) is 7.70. The minimum Gasteiger partial charge on any atom is -0.444 e. The molecule has 100 valence electrons. The standard InChI is InChI=1S/C13H25NO3/c1-10(2)8-6-7-9-11(15)14-12(16)17-13(3,4)5/h7,9-11,15H,6,8H2,1-5H3,(H,14,16)/b9-7+. The maximum atomic E-state index is 11.3. The van der Waals surface area contributed by atoms with Crippen molar-refractivity contribution < 1.29 is 14.6 Å². The van der Waals surface area contributed by atoms with Crippen molar-refractivity contribution in [3.8, 4) is 0 Å². The van der Waals surface area contributed by atoms with Crippen molar-refractivity contribution in [3.63, 3.8) is 0 Å². The molecule has 0 aliphatic carbocycles. The van der Waals surface area contributed by atoms with Gasteiger partial charge >= 0.3 is 6.09 Å². The molecule has 0 aromatic carbocycles. The van der Waals surface area contributed by atoms with Crippen molar-refractivity contribution in [1.82, 2.24) is 5.32 Å². The van der Waals surface area contributed by atoms with Crippen molar-refractivity contribution in [2.24, 2.45) is 5.92 Å². The van der Waals surface area contributed by atoms with Crippen LogP contribution < -0.4 is 5.32 Å². The Morgan fingerprint density at radius 3 is 2.47 bits per heavy atom. The number of ether oxygens (including phenoxy) is 1. The summed E-state index contributed by atoms with van der Waals surface area (Å²) in [4.78, 5) is 11.3. The van der Waals surface area contributed by atoms with Crippen LogP contribution >= 0.6 is 0 Å². The smallest absolute Gasteiger partial charge is 0.409 e. The molecule has 0 fully saturated rings. The molecule has 4 nitrogen and oxygen atoms in total. The third-order valence-electron chi connectivity index (χ3n) is 1.89. The van der Waals surface area contributed by atoms with E-state index in [1.165, 1.54) is 0 Å². The summed E-state index contributed by atoms with van der Waals surface area (Å²) in [6.07, 6.45) is 3.78. The van der Waals surface area contributed by atoms with E-state index in [2.05, 4.69) is 19.2 Å². The van der Waals surface area contributed by atoms with Gasteiger partial charge in [0.15, 0.2) is 0 Å². The lowest BCUT2D eigenvalue weighted by Gasteiger charge is -2.20. The zero-order valence-corrected chi connectivity index (χ0v) is 11.5. The summed E-state index contributed by atoms with van der Waals surface area (Å²) in [7, 11) is 0. The monoisotopic (exact) mass is 243 g/mol. The van der Waals surface area contributed by atoms with Crippen molar-refractivity contribution in [1.29, 1.82) is 0 Å². The molecule has 0 aromatic rings. The van der Waals surface area contributed by atoms with Gasteiger partial charge in [-0.1, -0.05) is 19.9 Å². The molecule has 1 amide bonds. The highest BCUT2D eigenvalue weighted by Gasteiger charge is 2.17. The minimum atomic E-state index is -0.989. The van der Waals surface area contributed by atoms with Crippen LogP contribution in [0.25, 0.3) is 0 Å². The van der Waals surface area contributed by atoms with Crippen LogP contribution in [0.5, 0.6) is 0 Å². The number of allylic oxidation sites excluding steroid dienone is 1. The van der Waals surface area contributed by atoms with E-state index >= 15 is 0 Å². The summed E-state index contributed by atoms with van der Waals surface area (Å²) >= 11 is 0. The molecular formula is C13H25NO3. The van der Waals surface area contributed by atoms with Crippen molar-refractivity contribution in [3.05, 3.63) is 12.2 Å². The summed E-state index contributed by atoms with van der Waals surface area (Å²) in [5.41, 5.74) is -0.550. The Hall–Kier alpha value is -1.03. The molecular weight excluding hydrogens is 218 g/mol. The summed E-state index contributed by atoms with van der Waals surface area (Å²) in [5.74, 6) is 0.635. The predicted octanol–water partition coefficient (Wildman–Crippen LogP) is 2.82. The van der Waals surface area contributed by atoms with E-state index in [4.69, 9.17) is 4.74 Å². The molecule has 0 aromatic heterocycles. The third kappa shape index (κ3) is 11.2. The van der Waals surface area contributed by atoms with Crippen LogP contribution in [0.1, 0.15) is 47.5 Å².